The number of methoxy groups -OCH3 is 1. The van der Waals surface area contributed by atoms with E-state index in [0.717, 1.165) is 16.9 Å². The summed E-state index contributed by atoms with van der Waals surface area (Å²) in [6.07, 6.45) is -4.39. The summed E-state index contributed by atoms with van der Waals surface area (Å²) in [5.74, 6) is 1.17. The molecule has 0 saturated heterocycles. The van der Waals surface area contributed by atoms with Crippen LogP contribution >= 0.6 is 0 Å². The van der Waals surface area contributed by atoms with Crippen molar-refractivity contribution < 1.29 is 27.4 Å². The fourth-order valence-electron chi connectivity index (χ4n) is 2.34. The van der Waals surface area contributed by atoms with E-state index in [2.05, 4.69) is 5.32 Å². The van der Waals surface area contributed by atoms with Crippen LogP contribution in [0.2, 0.25) is 0 Å². The van der Waals surface area contributed by atoms with Crippen molar-refractivity contribution in [3.63, 3.8) is 0 Å². The van der Waals surface area contributed by atoms with Crippen molar-refractivity contribution in [2.24, 2.45) is 0 Å². The van der Waals surface area contributed by atoms with Gasteiger partial charge in [-0.1, -0.05) is 18.2 Å². The molecule has 2 aromatic rings. The van der Waals surface area contributed by atoms with E-state index in [-0.39, 0.29) is 5.75 Å². The first-order valence-electron chi connectivity index (χ1n) is 8.20. The third-order valence-corrected chi connectivity index (χ3v) is 3.49. The zero-order valence-corrected chi connectivity index (χ0v) is 14.7. The average Bonchev–Trinajstić information content (AvgIpc) is 2.61. The molecule has 0 spiro atoms. The molecule has 0 bridgehead atoms. The lowest BCUT2D eigenvalue weighted by atomic mass is 10.1. The minimum atomic E-state index is -4.39. The van der Waals surface area contributed by atoms with E-state index < -0.39 is 12.8 Å². The van der Waals surface area contributed by atoms with Crippen LogP contribution in [0.3, 0.4) is 0 Å². The molecule has 142 valence electrons. The van der Waals surface area contributed by atoms with E-state index >= 15 is 0 Å². The molecule has 0 aliphatic rings. The Balaban J connectivity index is 1.97. The van der Waals surface area contributed by atoms with E-state index in [9.17, 15) is 13.2 Å². The van der Waals surface area contributed by atoms with Crippen molar-refractivity contribution >= 4 is 0 Å². The number of rotatable bonds is 9. The van der Waals surface area contributed by atoms with Gasteiger partial charge in [0.1, 0.15) is 5.75 Å². The number of benzene rings is 2. The van der Waals surface area contributed by atoms with Gasteiger partial charge >= 0.3 is 6.18 Å². The number of halogens is 3. The molecule has 0 aliphatic carbocycles. The van der Waals surface area contributed by atoms with E-state index in [4.69, 9.17) is 14.2 Å². The molecule has 0 fully saturated rings. The molecule has 0 aliphatic heterocycles. The average molecular weight is 369 g/mol. The zero-order valence-electron chi connectivity index (χ0n) is 14.7. The Hall–Kier alpha value is -2.41. The molecule has 0 atom stereocenters. The van der Waals surface area contributed by atoms with Crippen molar-refractivity contribution in [2.45, 2.75) is 26.2 Å². The Morgan fingerprint density at radius 3 is 2.31 bits per heavy atom. The molecule has 0 heterocycles. The Kier molecular flexibility index (Phi) is 7.15. The molecule has 0 saturated carbocycles. The maximum absolute atomic E-state index is 12.3. The normalized spacial score (nSPS) is 11.3. The molecule has 7 heteroatoms. The van der Waals surface area contributed by atoms with Crippen LogP contribution in [-0.4, -0.2) is 26.5 Å². The number of nitrogens with one attached hydrogen (secondary N) is 1. The highest BCUT2D eigenvalue weighted by molar-refractivity contribution is 5.43. The number of ether oxygens (including phenoxy) is 3. The third-order valence-electron chi connectivity index (χ3n) is 3.49. The molecule has 0 unspecified atom stereocenters. The van der Waals surface area contributed by atoms with Crippen LogP contribution in [0, 0.1) is 0 Å². The van der Waals surface area contributed by atoms with Gasteiger partial charge in [-0.25, -0.2) is 0 Å². The van der Waals surface area contributed by atoms with E-state index in [0.29, 0.717) is 25.4 Å². The minimum absolute atomic E-state index is 0.0840. The number of alkyl halides is 3. The predicted octanol–water partition coefficient (Wildman–Crippen LogP) is 4.32. The van der Waals surface area contributed by atoms with Gasteiger partial charge in [0, 0.05) is 13.1 Å². The van der Waals surface area contributed by atoms with Crippen LogP contribution in [0.15, 0.2) is 42.5 Å². The molecule has 0 radical (unpaired) electrons. The van der Waals surface area contributed by atoms with Crippen molar-refractivity contribution in [3.05, 3.63) is 53.6 Å². The van der Waals surface area contributed by atoms with Gasteiger partial charge in [0.15, 0.2) is 18.1 Å². The second-order valence-corrected chi connectivity index (χ2v) is 5.57. The van der Waals surface area contributed by atoms with Crippen molar-refractivity contribution in [1.82, 2.24) is 5.32 Å². The summed E-state index contributed by atoms with van der Waals surface area (Å²) in [6, 6.07) is 12.6. The summed E-state index contributed by atoms with van der Waals surface area (Å²) >= 11 is 0. The highest BCUT2D eigenvalue weighted by atomic mass is 19.4. The lowest BCUT2D eigenvalue weighted by Crippen LogP contribution is -2.19. The lowest BCUT2D eigenvalue weighted by molar-refractivity contribution is -0.153. The Morgan fingerprint density at radius 2 is 1.65 bits per heavy atom. The summed E-state index contributed by atoms with van der Waals surface area (Å²) in [5, 5.41) is 3.28. The van der Waals surface area contributed by atoms with E-state index in [1.807, 2.05) is 24.3 Å². The Labute approximate surface area is 150 Å². The van der Waals surface area contributed by atoms with Crippen LogP contribution in [-0.2, 0) is 13.1 Å². The lowest BCUT2D eigenvalue weighted by Gasteiger charge is -2.15. The predicted molar refractivity (Wildman–Crippen MR) is 92.7 cm³/mol. The van der Waals surface area contributed by atoms with Gasteiger partial charge in [-0.3, -0.25) is 0 Å². The van der Waals surface area contributed by atoms with Crippen molar-refractivity contribution in [1.29, 1.82) is 0 Å². The van der Waals surface area contributed by atoms with Gasteiger partial charge in [-0.2, -0.15) is 13.2 Å². The first-order chi connectivity index (χ1) is 12.4. The molecule has 2 aromatic carbocycles. The Bertz CT molecular complexity index is 705. The quantitative estimate of drug-likeness (QED) is 0.714. The second-order valence-electron chi connectivity index (χ2n) is 5.57. The van der Waals surface area contributed by atoms with Gasteiger partial charge in [0.25, 0.3) is 0 Å². The molecule has 2 rings (SSSR count). The fourth-order valence-corrected chi connectivity index (χ4v) is 2.34. The zero-order chi connectivity index (χ0) is 19.0. The van der Waals surface area contributed by atoms with Crippen LogP contribution in [0.25, 0.3) is 0 Å². The summed E-state index contributed by atoms with van der Waals surface area (Å²) in [6.45, 7) is 1.93. The smallest absolute Gasteiger partial charge is 0.422 e. The monoisotopic (exact) mass is 369 g/mol. The van der Waals surface area contributed by atoms with Gasteiger partial charge in [-0.15, -0.1) is 0 Å². The summed E-state index contributed by atoms with van der Waals surface area (Å²) in [5.41, 5.74) is 1.95. The van der Waals surface area contributed by atoms with Gasteiger partial charge in [-0.05, 0) is 42.3 Å². The largest absolute Gasteiger partial charge is 0.497 e. The maximum atomic E-state index is 12.3. The number of hydrogen-bond acceptors (Lipinski definition) is 4. The fraction of sp³-hybridized carbons (Fsp3) is 0.368. The van der Waals surface area contributed by atoms with E-state index in [1.54, 1.807) is 26.2 Å². The van der Waals surface area contributed by atoms with Gasteiger partial charge < -0.3 is 19.5 Å². The molecule has 26 heavy (non-hydrogen) atoms. The highest BCUT2D eigenvalue weighted by Crippen LogP contribution is 2.30. The SMILES string of the molecule is CCOc1cc(CNCc2cccc(OC)c2)ccc1OCC(F)(F)F. The topological polar surface area (TPSA) is 39.7 Å². The molecule has 1 N–H and O–H groups in total. The summed E-state index contributed by atoms with van der Waals surface area (Å²) in [4.78, 5) is 0. The molecule has 4 nitrogen and oxygen atoms in total. The maximum Gasteiger partial charge on any atom is 0.422 e. The second kappa shape index (κ2) is 9.33. The van der Waals surface area contributed by atoms with Crippen molar-refractivity contribution in [2.75, 3.05) is 20.3 Å². The molecular formula is C19H22F3NO3. The Morgan fingerprint density at radius 1 is 0.923 bits per heavy atom. The van der Waals surface area contributed by atoms with Crippen molar-refractivity contribution in [3.8, 4) is 17.2 Å². The van der Waals surface area contributed by atoms with Gasteiger partial charge in [0.2, 0.25) is 0 Å². The summed E-state index contributed by atoms with van der Waals surface area (Å²) < 4.78 is 52.4. The number of hydrogen-bond donors (Lipinski definition) is 1. The van der Waals surface area contributed by atoms with Gasteiger partial charge in [0.05, 0.1) is 13.7 Å². The molecule has 0 aromatic heterocycles. The first kappa shape index (κ1) is 19.9. The van der Waals surface area contributed by atoms with E-state index in [1.165, 1.54) is 6.07 Å². The third kappa shape index (κ3) is 6.48. The first-order valence-corrected chi connectivity index (χ1v) is 8.20. The van der Waals surface area contributed by atoms with Crippen LogP contribution in [0.4, 0.5) is 13.2 Å². The van der Waals surface area contributed by atoms with Crippen LogP contribution in [0.5, 0.6) is 17.2 Å². The minimum Gasteiger partial charge on any atom is -0.497 e. The van der Waals surface area contributed by atoms with Crippen LogP contribution in [0.1, 0.15) is 18.1 Å². The summed E-state index contributed by atoms with van der Waals surface area (Å²) in [7, 11) is 1.62. The standard InChI is InChI=1S/C19H22F3NO3/c1-3-25-18-10-15(7-8-17(18)26-13-19(20,21)22)12-23-11-14-5-4-6-16(9-14)24-2/h4-10,23H,3,11-13H2,1-2H3. The molecule has 0 amide bonds. The molecular weight excluding hydrogens is 347 g/mol. The van der Waals surface area contributed by atoms with Crippen LogP contribution < -0.4 is 19.5 Å². The highest BCUT2D eigenvalue weighted by Gasteiger charge is 2.29.